The van der Waals surface area contributed by atoms with Crippen molar-refractivity contribution in [2.45, 2.75) is 19.3 Å². The van der Waals surface area contributed by atoms with E-state index in [4.69, 9.17) is 0 Å². The summed E-state index contributed by atoms with van der Waals surface area (Å²) in [5.74, 6) is 0. The molecule has 0 spiro atoms. The molecule has 54 heavy (non-hydrogen) atoms. The van der Waals surface area contributed by atoms with E-state index in [0.29, 0.717) is 0 Å². The molecule has 3 nitrogen and oxygen atoms in total. The van der Waals surface area contributed by atoms with Gasteiger partial charge in [-0.1, -0.05) is 123 Å². The first-order valence-corrected chi connectivity index (χ1v) is 18.6. The van der Waals surface area contributed by atoms with Crippen molar-refractivity contribution < 1.29 is 0 Å². The molecule has 8 aromatic carbocycles. The van der Waals surface area contributed by atoms with Crippen LogP contribution >= 0.6 is 0 Å². The third-order valence-electron chi connectivity index (χ3n) is 10.6. The van der Waals surface area contributed by atoms with Crippen LogP contribution in [-0.4, -0.2) is 0 Å². The molecule has 1 aliphatic carbocycles. The van der Waals surface area contributed by atoms with E-state index < -0.39 is 0 Å². The van der Waals surface area contributed by atoms with E-state index in [1.54, 1.807) is 0 Å². The van der Waals surface area contributed by atoms with Gasteiger partial charge in [0.1, 0.15) is 0 Å². The zero-order valence-corrected chi connectivity index (χ0v) is 30.5. The van der Waals surface area contributed by atoms with Gasteiger partial charge in [0.15, 0.2) is 0 Å². The van der Waals surface area contributed by atoms with Gasteiger partial charge in [0.25, 0.3) is 0 Å². The minimum Gasteiger partial charge on any atom is -0.356 e. The lowest BCUT2D eigenvalue weighted by molar-refractivity contribution is 0.660. The molecule has 0 fully saturated rings. The summed E-state index contributed by atoms with van der Waals surface area (Å²) in [6, 6.07) is 73.8. The first kappa shape index (κ1) is 33.0. The van der Waals surface area contributed by atoms with Crippen molar-refractivity contribution in [3.8, 4) is 22.3 Å². The number of hydrogen-bond acceptors (Lipinski definition) is 3. The average Bonchev–Trinajstić information content (AvgIpc) is 3.45. The standard InChI is InChI=1S/C51H41N3/c1-51(2)49-35-45(53(41-17-9-4-10-18-41)42-19-11-5-12-20-42)31-33-47(49)48-34-32-46(36-50(48)51)54(43-21-13-6-14-22-43)44-29-25-38(26-30-44)37-23-27-40(28-24-37)52-39-15-7-3-8-16-39/h3-36,52H,1-2H3. The maximum atomic E-state index is 3.48. The highest BCUT2D eigenvalue weighted by molar-refractivity contribution is 5.88. The molecular formula is C51H41N3. The van der Waals surface area contributed by atoms with Crippen LogP contribution < -0.4 is 15.1 Å². The number of anilines is 8. The van der Waals surface area contributed by atoms with Gasteiger partial charge in [-0.25, -0.2) is 0 Å². The Balaban J connectivity index is 1.05. The number of rotatable bonds is 9. The van der Waals surface area contributed by atoms with E-state index in [1.807, 2.05) is 18.2 Å². The fraction of sp³-hybridized carbons (Fsp3) is 0.0588. The van der Waals surface area contributed by atoms with Crippen molar-refractivity contribution in [2.75, 3.05) is 15.1 Å². The predicted molar refractivity (Wildman–Crippen MR) is 229 cm³/mol. The van der Waals surface area contributed by atoms with E-state index in [1.165, 1.54) is 33.4 Å². The van der Waals surface area contributed by atoms with Crippen molar-refractivity contribution in [1.82, 2.24) is 0 Å². The minimum atomic E-state index is -0.205. The Hall–Kier alpha value is -6.84. The highest BCUT2D eigenvalue weighted by Gasteiger charge is 2.37. The molecule has 0 heterocycles. The second-order valence-electron chi connectivity index (χ2n) is 14.4. The zero-order valence-electron chi connectivity index (χ0n) is 30.5. The van der Waals surface area contributed by atoms with Gasteiger partial charge in [0, 0.05) is 50.9 Å². The smallest absolute Gasteiger partial charge is 0.0465 e. The van der Waals surface area contributed by atoms with Crippen LogP contribution in [0, 0.1) is 0 Å². The van der Waals surface area contributed by atoms with Crippen molar-refractivity contribution in [2.24, 2.45) is 0 Å². The van der Waals surface area contributed by atoms with Crippen LogP contribution in [0.25, 0.3) is 22.3 Å². The summed E-state index contributed by atoms with van der Waals surface area (Å²) in [5.41, 5.74) is 16.4. The molecule has 0 radical (unpaired) electrons. The molecule has 0 atom stereocenters. The normalized spacial score (nSPS) is 12.4. The first-order valence-electron chi connectivity index (χ1n) is 18.6. The Labute approximate surface area is 318 Å². The quantitative estimate of drug-likeness (QED) is 0.162. The molecule has 0 aromatic heterocycles. The SMILES string of the molecule is CC1(C)c2cc(N(c3ccccc3)c3ccccc3)ccc2-c2ccc(N(c3ccccc3)c3ccc(-c4ccc(Nc5ccccc5)cc4)cc3)cc21. The monoisotopic (exact) mass is 695 g/mol. The highest BCUT2D eigenvalue weighted by atomic mass is 15.1. The van der Waals surface area contributed by atoms with Gasteiger partial charge in [0.05, 0.1) is 0 Å². The fourth-order valence-electron chi connectivity index (χ4n) is 7.85. The van der Waals surface area contributed by atoms with Crippen LogP contribution in [0.15, 0.2) is 206 Å². The van der Waals surface area contributed by atoms with E-state index >= 15 is 0 Å². The van der Waals surface area contributed by atoms with Gasteiger partial charge in [-0.05, 0) is 130 Å². The molecule has 1 N–H and O–H groups in total. The molecule has 0 unspecified atom stereocenters. The summed E-state index contributed by atoms with van der Waals surface area (Å²) in [6.45, 7) is 4.73. The Kier molecular flexibility index (Phi) is 8.53. The van der Waals surface area contributed by atoms with Crippen molar-refractivity contribution in [1.29, 1.82) is 0 Å². The Morgan fingerprint density at radius 2 is 0.667 bits per heavy atom. The van der Waals surface area contributed by atoms with Crippen LogP contribution in [0.5, 0.6) is 0 Å². The lowest BCUT2D eigenvalue weighted by atomic mass is 9.82. The van der Waals surface area contributed by atoms with E-state index in [-0.39, 0.29) is 5.41 Å². The van der Waals surface area contributed by atoms with Crippen molar-refractivity contribution in [3.05, 3.63) is 217 Å². The topological polar surface area (TPSA) is 18.5 Å². The largest absolute Gasteiger partial charge is 0.356 e. The molecule has 1 aliphatic rings. The molecule has 0 aliphatic heterocycles. The van der Waals surface area contributed by atoms with Crippen LogP contribution in [0.4, 0.5) is 45.5 Å². The molecule has 3 heteroatoms. The van der Waals surface area contributed by atoms with Gasteiger partial charge in [-0.2, -0.15) is 0 Å². The lowest BCUT2D eigenvalue weighted by Crippen LogP contribution is -2.17. The summed E-state index contributed by atoms with van der Waals surface area (Å²) >= 11 is 0. The Morgan fingerprint density at radius 3 is 1.09 bits per heavy atom. The maximum absolute atomic E-state index is 3.48. The van der Waals surface area contributed by atoms with Gasteiger partial charge in [-0.3, -0.25) is 0 Å². The first-order chi connectivity index (χ1) is 26.5. The number of para-hydroxylation sites is 4. The molecule has 8 aromatic rings. The Bertz CT molecular complexity index is 2470. The maximum Gasteiger partial charge on any atom is 0.0465 e. The molecule has 0 saturated carbocycles. The van der Waals surface area contributed by atoms with Gasteiger partial charge in [-0.15, -0.1) is 0 Å². The van der Waals surface area contributed by atoms with E-state index in [9.17, 15) is 0 Å². The van der Waals surface area contributed by atoms with Gasteiger partial charge in [0.2, 0.25) is 0 Å². The molecule has 9 rings (SSSR count). The second-order valence-corrected chi connectivity index (χ2v) is 14.4. The van der Waals surface area contributed by atoms with Crippen molar-refractivity contribution in [3.63, 3.8) is 0 Å². The molecule has 0 saturated heterocycles. The average molecular weight is 696 g/mol. The zero-order chi connectivity index (χ0) is 36.5. The summed E-state index contributed by atoms with van der Waals surface area (Å²) < 4.78 is 0. The van der Waals surface area contributed by atoms with Gasteiger partial charge < -0.3 is 15.1 Å². The van der Waals surface area contributed by atoms with Crippen LogP contribution in [0.3, 0.4) is 0 Å². The molecular weight excluding hydrogens is 655 g/mol. The second kappa shape index (κ2) is 13.9. The molecule has 0 bridgehead atoms. The number of hydrogen-bond donors (Lipinski definition) is 1. The highest BCUT2D eigenvalue weighted by Crippen LogP contribution is 2.52. The van der Waals surface area contributed by atoms with E-state index in [0.717, 1.165) is 45.5 Å². The lowest BCUT2D eigenvalue weighted by Gasteiger charge is -2.29. The third kappa shape index (κ3) is 6.20. The number of fused-ring (bicyclic) bond motifs is 3. The summed E-state index contributed by atoms with van der Waals surface area (Å²) in [7, 11) is 0. The predicted octanol–water partition coefficient (Wildman–Crippen LogP) is 14.3. The summed E-state index contributed by atoms with van der Waals surface area (Å²) in [6.07, 6.45) is 0. The van der Waals surface area contributed by atoms with Crippen LogP contribution in [0.1, 0.15) is 25.0 Å². The number of nitrogens with one attached hydrogen (secondary N) is 1. The number of benzene rings is 8. The van der Waals surface area contributed by atoms with Crippen LogP contribution in [0.2, 0.25) is 0 Å². The van der Waals surface area contributed by atoms with Crippen molar-refractivity contribution >= 4 is 45.5 Å². The van der Waals surface area contributed by atoms with Crippen LogP contribution in [-0.2, 0) is 5.41 Å². The molecule has 0 amide bonds. The third-order valence-corrected chi connectivity index (χ3v) is 10.6. The Morgan fingerprint density at radius 1 is 0.333 bits per heavy atom. The fourth-order valence-corrected chi connectivity index (χ4v) is 7.85. The minimum absolute atomic E-state index is 0.205. The summed E-state index contributed by atoms with van der Waals surface area (Å²) in [5, 5.41) is 3.48. The summed E-state index contributed by atoms with van der Waals surface area (Å²) in [4.78, 5) is 4.72. The van der Waals surface area contributed by atoms with Gasteiger partial charge >= 0.3 is 0 Å². The van der Waals surface area contributed by atoms with E-state index in [2.05, 4.69) is 217 Å². The number of nitrogens with zero attached hydrogens (tertiary/aromatic N) is 2. The molecule has 260 valence electrons.